The fourth-order valence-electron chi connectivity index (χ4n) is 1.79. The van der Waals surface area contributed by atoms with Crippen molar-refractivity contribution < 1.29 is 9.90 Å². The average molecular weight is 214 g/mol. The van der Waals surface area contributed by atoms with E-state index in [9.17, 15) is 4.79 Å². The second-order valence-electron chi connectivity index (χ2n) is 3.76. The third-order valence-electron chi connectivity index (χ3n) is 2.70. The predicted octanol–water partition coefficient (Wildman–Crippen LogP) is 2.94. The molecule has 0 heterocycles. The number of carbonyl (C=O) groups is 1. The molecule has 0 atom stereocenters. The number of carboxylic acid groups (broad SMARTS) is 1. The maximum absolute atomic E-state index is 10.7. The first-order valence-corrected chi connectivity index (χ1v) is 6.24. The lowest BCUT2D eigenvalue weighted by molar-refractivity contribution is -0.142. The summed E-state index contributed by atoms with van der Waals surface area (Å²) in [6.07, 6.45) is 6.86. The maximum atomic E-state index is 10.7. The highest BCUT2D eigenvalue weighted by molar-refractivity contribution is 7.99. The van der Waals surface area contributed by atoms with Crippen molar-refractivity contribution in [2.24, 2.45) is 5.92 Å². The molecule has 0 aromatic carbocycles. The number of carboxylic acids is 1. The van der Waals surface area contributed by atoms with Crippen molar-refractivity contribution in [2.45, 2.75) is 37.4 Å². The third kappa shape index (κ3) is 3.74. The predicted molar refractivity (Wildman–Crippen MR) is 60.7 cm³/mol. The zero-order valence-corrected chi connectivity index (χ0v) is 9.26. The van der Waals surface area contributed by atoms with E-state index in [1.54, 1.807) is 0 Å². The molecule has 0 saturated heterocycles. The van der Waals surface area contributed by atoms with Crippen molar-refractivity contribution in [3.8, 4) is 0 Å². The Labute approximate surface area is 89.8 Å². The Balaban J connectivity index is 2.15. The maximum Gasteiger partial charge on any atom is 0.306 e. The summed E-state index contributed by atoms with van der Waals surface area (Å²) in [7, 11) is 0. The van der Waals surface area contributed by atoms with Gasteiger partial charge in [-0.3, -0.25) is 4.79 Å². The number of rotatable bonds is 5. The highest BCUT2D eigenvalue weighted by Gasteiger charge is 2.25. The monoisotopic (exact) mass is 214 g/mol. The molecule has 2 nitrogen and oxygen atoms in total. The first-order chi connectivity index (χ1) is 6.74. The van der Waals surface area contributed by atoms with Gasteiger partial charge in [-0.05, 0) is 37.9 Å². The smallest absolute Gasteiger partial charge is 0.306 e. The standard InChI is InChI=1S/C11H18O2S/c1-2-3-8-14-10-6-4-9(5-7-10)11(12)13/h2,9-10H,1,3-8H2,(H,12,13). The van der Waals surface area contributed by atoms with Gasteiger partial charge in [-0.15, -0.1) is 6.58 Å². The van der Waals surface area contributed by atoms with Gasteiger partial charge in [0.05, 0.1) is 5.92 Å². The van der Waals surface area contributed by atoms with Crippen LogP contribution in [0.4, 0.5) is 0 Å². The summed E-state index contributed by atoms with van der Waals surface area (Å²) >= 11 is 1.97. The SMILES string of the molecule is C=CCCSC1CCC(C(=O)O)CC1. The van der Waals surface area contributed by atoms with Crippen LogP contribution in [-0.4, -0.2) is 22.1 Å². The minimum absolute atomic E-state index is 0.0775. The fourth-order valence-corrected chi connectivity index (χ4v) is 3.04. The van der Waals surface area contributed by atoms with Crippen LogP contribution in [-0.2, 0) is 4.79 Å². The molecule has 0 spiro atoms. The molecule has 0 aromatic heterocycles. The molecule has 1 fully saturated rings. The molecule has 14 heavy (non-hydrogen) atoms. The minimum atomic E-state index is -0.612. The summed E-state index contributed by atoms with van der Waals surface area (Å²) in [5.74, 6) is 0.442. The van der Waals surface area contributed by atoms with Crippen LogP contribution < -0.4 is 0 Å². The fraction of sp³-hybridized carbons (Fsp3) is 0.727. The quantitative estimate of drug-likeness (QED) is 0.565. The summed E-state index contributed by atoms with van der Waals surface area (Å²) in [5, 5.41) is 9.50. The van der Waals surface area contributed by atoms with Gasteiger partial charge >= 0.3 is 5.97 Å². The molecule has 1 rings (SSSR count). The average Bonchev–Trinajstić information content (AvgIpc) is 2.19. The number of allylic oxidation sites excluding steroid dienone is 1. The van der Waals surface area contributed by atoms with E-state index in [0.717, 1.165) is 37.9 Å². The van der Waals surface area contributed by atoms with Crippen LogP contribution in [0.3, 0.4) is 0 Å². The van der Waals surface area contributed by atoms with Gasteiger partial charge in [-0.2, -0.15) is 11.8 Å². The molecule has 1 aliphatic rings. The number of aliphatic carboxylic acids is 1. The summed E-state index contributed by atoms with van der Waals surface area (Å²) < 4.78 is 0. The van der Waals surface area contributed by atoms with Crippen LogP contribution in [0.5, 0.6) is 0 Å². The lowest BCUT2D eigenvalue weighted by Crippen LogP contribution is -2.22. The highest BCUT2D eigenvalue weighted by atomic mass is 32.2. The van der Waals surface area contributed by atoms with Gasteiger partial charge in [0, 0.05) is 5.25 Å². The van der Waals surface area contributed by atoms with Gasteiger partial charge in [-0.1, -0.05) is 6.08 Å². The molecule has 1 N–H and O–H groups in total. The molecule has 1 aliphatic carbocycles. The summed E-state index contributed by atoms with van der Waals surface area (Å²) in [6, 6.07) is 0. The Hall–Kier alpha value is -0.440. The molecule has 0 bridgehead atoms. The number of thioether (sulfide) groups is 1. The second-order valence-corrected chi connectivity index (χ2v) is 5.17. The normalized spacial score (nSPS) is 27.1. The molecule has 3 heteroatoms. The Morgan fingerprint density at radius 3 is 2.57 bits per heavy atom. The van der Waals surface area contributed by atoms with E-state index in [1.807, 2.05) is 17.8 Å². The van der Waals surface area contributed by atoms with Gasteiger partial charge in [0.2, 0.25) is 0 Å². The van der Waals surface area contributed by atoms with E-state index in [1.165, 1.54) is 0 Å². The number of hydrogen-bond donors (Lipinski definition) is 1. The van der Waals surface area contributed by atoms with Crippen molar-refractivity contribution in [1.82, 2.24) is 0 Å². The van der Waals surface area contributed by atoms with Crippen molar-refractivity contribution in [3.63, 3.8) is 0 Å². The zero-order valence-electron chi connectivity index (χ0n) is 8.45. The third-order valence-corrected chi connectivity index (χ3v) is 4.11. The summed E-state index contributed by atoms with van der Waals surface area (Å²) in [5.41, 5.74) is 0. The lowest BCUT2D eigenvalue weighted by atomic mass is 9.89. The van der Waals surface area contributed by atoms with Crippen LogP contribution in [0.25, 0.3) is 0 Å². The molecule has 0 unspecified atom stereocenters. The van der Waals surface area contributed by atoms with E-state index >= 15 is 0 Å². The van der Waals surface area contributed by atoms with E-state index < -0.39 is 5.97 Å². The Morgan fingerprint density at radius 1 is 1.43 bits per heavy atom. The van der Waals surface area contributed by atoms with E-state index in [4.69, 9.17) is 5.11 Å². The van der Waals surface area contributed by atoms with Crippen molar-refractivity contribution in [3.05, 3.63) is 12.7 Å². The van der Waals surface area contributed by atoms with Crippen molar-refractivity contribution in [1.29, 1.82) is 0 Å². The van der Waals surface area contributed by atoms with Crippen LogP contribution >= 0.6 is 11.8 Å². The summed E-state index contributed by atoms with van der Waals surface area (Å²) in [4.78, 5) is 10.7. The second kappa shape index (κ2) is 6.12. The van der Waals surface area contributed by atoms with Crippen LogP contribution in [0.2, 0.25) is 0 Å². The minimum Gasteiger partial charge on any atom is -0.481 e. The van der Waals surface area contributed by atoms with Gasteiger partial charge < -0.3 is 5.11 Å². The molecular formula is C11H18O2S. The van der Waals surface area contributed by atoms with Gasteiger partial charge in [0.1, 0.15) is 0 Å². The zero-order chi connectivity index (χ0) is 10.4. The molecule has 0 radical (unpaired) electrons. The van der Waals surface area contributed by atoms with Crippen LogP contribution in [0.15, 0.2) is 12.7 Å². The molecular weight excluding hydrogens is 196 g/mol. The van der Waals surface area contributed by atoms with Crippen molar-refractivity contribution in [2.75, 3.05) is 5.75 Å². The van der Waals surface area contributed by atoms with E-state index in [-0.39, 0.29) is 5.92 Å². The highest BCUT2D eigenvalue weighted by Crippen LogP contribution is 2.32. The lowest BCUT2D eigenvalue weighted by Gasteiger charge is -2.25. The van der Waals surface area contributed by atoms with Crippen molar-refractivity contribution >= 4 is 17.7 Å². The van der Waals surface area contributed by atoms with Crippen LogP contribution in [0.1, 0.15) is 32.1 Å². The summed E-state index contributed by atoms with van der Waals surface area (Å²) in [6.45, 7) is 3.69. The van der Waals surface area contributed by atoms with Gasteiger partial charge in [0.25, 0.3) is 0 Å². The molecule has 1 saturated carbocycles. The molecule has 0 aliphatic heterocycles. The first kappa shape index (κ1) is 11.6. The Bertz CT molecular complexity index is 195. The van der Waals surface area contributed by atoms with Gasteiger partial charge in [-0.25, -0.2) is 0 Å². The molecule has 80 valence electrons. The number of hydrogen-bond acceptors (Lipinski definition) is 2. The Kier molecular flexibility index (Phi) is 5.09. The molecule has 0 amide bonds. The van der Waals surface area contributed by atoms with Gasteiger partial charge in [0.15, 0.2) is 0 Å². The Morgan fingerprint density at radius 2 is 2.07 bits per heavy atom. The first-order valence-electron chi connectivity index (χ1n) is 5.19. The van der Waals surface area contributed by atoms with Crippen LogP contribution in [0, 0.1) is 5.92 Å². The largest absolute Gasteiger partial charge is 0.481 e. The van der Waals surface area contributed by atoms with E-state index in [2.05, 4.69) is 6.58 Å². The topological polar surface area (TPSA) is 37.3 Å². The molecule has 0 aromatic rings. The van der Waals surface area contributed by atoms with E-state index in [0.29, 0.717) is 5.25 Å².